The van der Waals surface area contributed by atoms with Gasteiger partial charge in [-0.15, -0.1) is 0 Å². The van der Waals surface area contributed by atoms with Gasteiger partial charge in [0, 0.05) is 33.0 Å². The van der Waals surface area contributed by atoms with Crippen LogP contribution in [0, 0.1) is 50.7 Å². The SMILES string of the molecule is CC(=O)O[C@@H]([C@H]1C[C@@H](C)[C@H]2[C@H](O1)[C@H](O)[C@@]1(C)[C@@H]3CC[C@H]4C(C)(C)C(O[C@H]5CN(C(=O)N(C)C)CCO5)CCC45C[C@@]35CC[C@]21C)C(C)(C)O. The molecule has 5 saturated carbocycles. The average molecular weight is 689 g/mol. The summed E-state index contributed by atoms with van der Waals surface area (Å²) in [5.74, 6) is 0.954. The van der Waals surface area contributed by atoms with Gasteiger partial charge in [-0.25, -0.2) is 4.79 Å². The molecule has 2 N–H and O–H groups in total. The summed E-state index contributed by atoms with van der Waals surface area (Å²) in [4.78, 5) is 28.2. The number of aliphatic hydroxyl groups excluding tert-OH is 1. The molecule has 0 aromatic carbocycles. The van der Waals surface area contributed by atoms with Crippen molar-refractivity contribution in [3.63, 3.8) is 0 Å². The van der Waals surface area contributed by atoms with Crippen LogP contribution in [-0.4, -0.2) is 108 Å². The van der Waals surface area contributed by atoms with E-state index in [9.17, 15) is 19.8 Å². The Bertz CT molecular complexity index is 1330. The topological polar surface area (TPSA) is 118 Å². The summed E-state index contributed by atoms with van der Waals surface area (Å²) in [5, 5.41) is 23.6. The molecular formula is C39H64N2O8. The molecule has 0 radical (unpaired) electrons. The van der Waals surface area contributed by atoms with Crippen molar-refractivity contribution in [3.8, 4) is 0 Å². The number of hydrogen-bond donors (Lipinski definition) is 2. The predicted molar refractivity (Wildman–Crippen MR) is 183 cm³/mol. The summed E-state index contributed by atoms with van der Waals surface area (Å²) >= 11 is 0. The molecule has 7 fully saturated rings. The number of esters is 1. The van der Waals surface area contributed by atoms with Gasteiger partial charge in [0.1, 0.15) is 0 Å². The van der Waals surface area contributed by atoms with Crippen molar-refractivity contribution in [2.75, 3.05) is 33.8 Å². The van der Waals surface area contributed by atoms with Gasteiger partial charge >= 0.3 is 12.0 Å². The molecule has 7 aliphatic rings. The van der Waals surface area contributed by atoms with Gasteiger partial charge in [0.2, 0.25) is 0 Å². The Kier molecular flexibility index (Phi) is 8.44. The van der Waals surface area contributed by atoms with Crippen LogP contribution in [0.5, 0.6) is 0 Å². The fraction of sp³-hybridized carbons (Fsp3) is 0.949. The van der Waals surface area contributed by atoms with Gasteiger partial charge in [-0.05, 0) is 111 Å². The number of amides is 2. The highest BCUT2D eigenvalue weighted by Crippen LogP contribution is 2.89. The van der Waals surface area contributed by atoms with Crippen LogP contribution >= 0.6 is 0 Å². The molecule has 2 saturated heterocycles. The van der Waals surface area contributed by atoms with Gasteiger partial charge < -0.3 is 39.0 Å². The Labute approximate surface area is 293 Å². The second kappa shape index (κ2) is 11.5. The van der Waals surface area contributed by atoms with E-state index in [1.807, 2.05) is 4.90 Å². The third kappa shape index (κ3) is 4.95. The molecule has 7 rings (SSSR count). The minimum Gasteiger partial charge on any atom is -0.457 e. The molecule has 2 heterocycles. The van der Waals surface area contributed by atoms with Crippen LogP contribution in [0.1, 0.15) is 107 Å². The highest BCUT2D eigenvalue weighted by molar-refractivity contribution is 5.73. The Hall–Kier alpha value is -1.46. The first-order chi connectivity index (χ1) is 22.7. The summed E-state index contributed by atoms with van der Waals surface area (Å²) in [5.41, 5.74) is -1.22. The van der Waals surface area contributed by atoms with E-state index in [4.69, 9.17) is 18.9 Å². The quantitative estimate of drug-likeness (QED) is 0.378. The smallest absolute Gasteiger partial charge is 0.319 e. The average Bonchev–Trinajstić information content (AvgIpc) is 3.65. The summed E-state index contributed by atoms with van der Waals surface area (Å²) in [6, 6.07) is 0.000463. The molecular weight excluding hydrogens is 624 g/mol. The highest BCUT2D eigenvalue weighted by Gasteiger charge is 2.84. The maximum Gasteiger partial charge on any atom is 0.319 e. The van der Waals surface area contributed by atoms with E-state index >= 15 is 0 Å². The van der Waals surface area contributed by atoms with Crippen LogP contribution in [-0.2, 0) is 23.7 Å². The fourth-order valence-corrected chi connectivity index (χ4v) is 13.9. The monoisotopic (exact) mass is 688 g/mol. The number of carbonyl (C=O) groups excluding carboxylic acids is 2. The molecule has 14 atom stereocenters. The number of nitrogens with zero attached hydrogens (tertiary/aromatic N) is 2. The number of morpholine rings is 1. The lowest BCUT2D eigenvalue weighted by atomic mass is 9.41. The second-order valence-electron chi connectivity index (χ2n) is 19.3. The summed E-state index contributed by atoms with van der Waals surface area (Å²) in [7, 11) is 3.57. The maximum absolute atomic E-state index is 12.7. The zero-order valence-electron chi connectivity index (χ0n) is 31.8. The number of fused-ring (bicyclic) bond motifs is 4. The van der Waals surface area contributed by atoms with Crippen molar-refractivity contribution in [3.05, 3.63) is 0 Å². The normalized spacial score (nSPS) is 49.0. The predicted octanol–water partition coefficient (Wildman–Crippen LogP) is 5.23. The molecule has 2 spiro atoms. The first-order valence-electron chi connectivity index (χ1n) is 19.2. The largest absolute Gasteiger partial charge is 0.457 e. The lowest BCUT2D eigenvalue weighted by Crippen LogP contribution is -2.60. The van der Waals surface area contributed by atoms with Crippen LogP contribution in [0.2, 0.25) is 0 Å². The molecule has 2 unspecified atom stereocenters. The van der Waals surface area contributed by atoms with Crippen LogP contribution in [0.4, 0.5) is 4.79 Å². The number of ether oxygens (including phenoxy) is 4. The summed E-state index contributed by atoms with van der Waals surface area (Å²) < 4.78 is 25.4. The summed E-state index contributed by atoms with van der Waals surface area (Å²) in [6.07, 6.45) is 5.91. The molecule has 2 amide bonds. The molecule has 49 heavy (non-hydrogen) atoms. The van der Waals surface area contributed by atoms with Gasteiger partial charge in [-0.1, -0.05) is 34.6 Å². The van der Waals surface area contributed by atoms with Crippen molar-refractivity contribution in [1.82, 2.24) is 9.80 Å². The Balaban J connectivity index is 1.12. The zero-order chi connectivity index (χ0) is 35.7. The Morgan fingerprint density at radius 3 is 2.35 bits per heavy atom. The van der Waals surface area contributed by atoms with E-state index < -0.39 is 36.2 Å². The van der Waals surface area contributed by atoms with E-state index in [1.165, 1.54) is 19.8 Å². The van der Waals surface area contributed by atoms with Crippen molar-refractivity contribution in [2.24, 2.45) is 50.7 Å². The van der Waals surface area contributed by atoms with Crippen LogP contribution in [0.3, 0.4) is 0 Å². The minimum atomic E-state index is -1.27. The van der Waals surface area contributed by atoms with E-state index in [2.05, 4.69) is 34.6 Å². The molecule has 2 aliphatic heterocycles. The molecule has 10 heteroatoms. The Morgan fingerprint density at radius 1 is 1.02 bits per heavy atom. The van der Waals surface area contributed by atoms with E-state index in [1.54, 1.807) is 32.8 Å². The van der Waals surface area contributed by atoms with Gasteiger partial charge in [-0.3, -0.25) is 4.79 Å². The fourth-order valence-electron chi connectivity index (χ4n) is 13.9. The minimum absolute atomic E-state index is 0.000463. The highest BCUT2D eigenvalue weighted by atomic mass is 16.7. The van der Waals surface area contributed by atoms with Gasteiger partial charge in [-0.2, -0.15) is 0 Å². The first-order valence-corrected chi connectivity index (χ1v) is 19.2. The van der Waals surface area contributed by atoms with Crippen molar-refractivity contribution in [1.29, 1.82) is 0 Å². The first kappa shape index (κ1) is 35.9. The number of hydrogen-bond acceptors (Lipinski definition) is 8. The summed E-state index contributed by atoms with van der Waals surface area (Å²) in [6.45, 7) is 18.2. The zero-order valence-corrected chi connectivity index (χ0v) is 31.8. The van der Waals surface area contributed by atoms with Crippen LogP contribution in [0.15, 0.2) is 0 Å². The van der Waals surface area contributed by atoms with Gasteiger partial charge in [0.05, 0.1) is 43.2 Å². The lowest BCUT2D eigenvalue weighted by Gasteiger charge is -2.64. The molecule has 5 aliphatic carbocycles. The maximum atomic E-state index is 12.7. The molecule has 0 aromatic heterocycles. The number of carbonyl (C=O) groups is 2. The van der Waals surface area contributed by atoms with E-state index in [0.717, 1.165) is 32.1 Å². The van der Waals surface area contributed by atoms with E-state index in [0.29, 0.717) is 38.0 Å². The second-order valence-corrected chi connectivity index (χ2v) is 19.3. The molecule has 0 bridgehead atoms. The van der Waals surface area contributed by atoms with Crippen LogP contribution < -0.4 is 0 Å². The third-order valence-electron chi connectivity index (χ3n) is 16.1. The van der Waals surface area contributed by atoms with Crippen LogP contribution in [0.25, 0.3) is 0 Å². The standard InChI is InChI=1S/C39H64N2O8/c1-22-19-24(32(35(5,6)45)47-23(2)42)48-30-29(22)36(7)15-16-39-21-38(39)14-13-27(49-28-20-41(17-18-46-28)33(44)40(9)10)34(3,4)25(38)11-12-26(39)37(36,8)31(30)43/h22,24-32,43,45H,11-21H2,1-10H3/t22-,24-,25+,26+,27?,28+,29+,30+,31+,32+,36-,37-,38?,39+/m1/s1. The van der Waals surface area contributed by atoms with E-state index in [-0.39, 0.29) is 57.1 Å². The molecule has 278 valence electrons. The van der Waals surface area contributed by atoms with Gasteiger partial charge in [0.15, 0.2) is 12.4 Å². The Morgan fingerprint density at radius 2 is 1.69 bits per heavy atom. The number of urea groups is 1. The van der Waals surface area contributed by atoms with Crippen molar-refractivity contribution in [2.45, 2.75) is 149 Å². The molecule has 0 aromatic rings. The lowest BCUT2D eigenvalue weighted by molar-refractivity contribution is -0.245. The van der Waals surface area contributed by atoms with Crippen molar-refractivity contribution < 1.29 is 38.7 Å². The van der Waals surface area contributed by atoms with Crippen molar-refractivity contribution >= 4 is 12.0 Å². The molecule has 10 nitrogen and oxygen atoms in total. The van der Waals surface area contributed by atoms with Gasteiger partial charge in [0.25, 0.3) is 0 Å². The third-order valence-corrected chi connectivity index (χ3v) is 16.1. The number of rotatable bonds is 5. The number of aliphatic hydroxyl groups is 2.